The first-order valence-electron chi connectivity index (χ1n) is 7.50. The maximum absolute atomic E-state index is 9.35. The van der Waals surface area contributed by atoms with E-state index in [4.69, 9.17) is 0 Å². The molecule has 1 heterocycles. The van der Waals surface area contributed by atoms with Gasteiger partial charge in [-0.2, -0.15) is 10.5 Å². The lowest BCUT2D eigenvalue weighted by Crippen LogP contribution is -1.89. The molecule has 3 aromatic rings. The van der Waals surface area contributed by atoms with Gasteiger partial charge in [-0.15, -0.1) is 11.3 Å². The summed E-state index contributed by atoms with van der Waals surface area (Å²) >= 11 is 1.59. The van der Waals surface area contributed by atoms with Crippen molar-refractivity contribution in [3.8, 4) is 22.6 Å². The molecule has 3 rings (SSSR count). The van der Waals surface area contributed by atoms with Gasteiger partial charge in [0.15, 0.2) is 0 Å². The van der Waals surface area contributed by atoms with Gasteiger partial charge in [0.05, 0.1) is 0 Å². The summed E-state index contributed by atoms with van der Waals surface area (Å²) in [6, 6.07) is 26.0. The normalized spacial score (nSPS) is 9.79. The van der Waals surface area contributed by atoms with Crippen LogP contribution in [0.15, 0.2) is 72.3 Å². The highest BCUT2D eigenvalue weighted by Crippen LogP contribution is 2.36. The lowest BCUT2D eigenvalue weighted by molar-refractivity contribution is 1.45. The lowest BCUT2D eigenvalue weighted by atomic mass is 9.99. The minimum absolute atomic E-state index is 0.138. The van der Waals surface area contributed by atoms with E-state index in [1.165, 1.54) is 5.56 Å². The Morgan fingerprint density at radius 3 is 2.12 bits per heavy atom. The monoisotopic (exact) mass is 326 g/mol. The predicted octanol–water partition coefficient (Wildman–Crippen LogP) is 5.57. The molecule has 0 fully saturated rings. The van der Waals surface area contributed by atoms with Crippen LogP contribution >= 0.6 is 11.3 Å². The molecule has 0 aliphatic carbocycles. The summed E-state index contributed by atoms with van der Waals surface area (Å²) in [5, 5.41) is 18.7. The number of rotatable bonds is 3. The van der Waals surface area contributed by atoms with E-state index in [0.29, 0.717) is 5.57 Å². The maximum atomic E-state index is 9.35. The van der Waals surface area contributed by atoms with Crippen LogP contribution in [0, 0.1) is 29.6 Å². The van der Waals surface area contributed by atoms with Gasteiger partial charge in [-0.05, 0) is 30.2 Å². The third-order valence-corrected chi connectivity index (χ3v) is 4.88. The molecule has 0 amide bonds. The van der Waals surface area contributed by atoms with Crippen LogP contribution < -0.4 is 0 Å². The first-order valence-corrected chi connectivity index (χ1v) is 8.31. The Hall–Kier alpha value is -3.14. The van der Waals surface area contributed by atoms with Crippen LogP contribution in [0.2, 0.25) is 0 Å². The number of hydrogen-bond acceptors (Lipinski definition) is 3. The molecule has 114 valence electrons. The summed E-state index contributed by atoms with van der Waals surface area (Å²) < 4.78 is 0. The van der Waals surface area contributed by atoms with Crippen LogP contribution in [-0.4, -0.2) is 0 Å². The van der Waals surface area contributed by atoms with Crippen molar-refractivity contribution in [1.29, 1.82) is 10.5 Å². The van der Waals surface area contributed by atoms with Crippen LogP contribution in [0.4, 0.5) is 0 Å². The second kappa shape index (κ2) is 6.96. The number of benzene rings is 2. The number of hydrogen-bond donors (Lipinski definition) is 0. The van der Waals surface area contributed by atoms with Gasteiger partial charge in [0, 0.05) is 15.3 Å². The molecule has 3 heteroatoms. The summed E-state index contributed by atoms with van der Waals surface area (Å²) in [5.41, 5.74) is 4.08. The van der Waals surface area contributed by atoms with Gasteiger partial charge >= 0.3 is 0 Å². The summed E-state index contributed by atoms with van der Waals surface area (Å²) in [4.78, 5) is 2.04. The molecule has 0 saturated heterocycles. The third kappa shape index (κ3) is 3.13. The Labute approximate surface area is 145 Å². The molecule has 2 aromatic carbocycles. The van der Waals surface area contributed by atoms with Crippen molar-refractivity contribution in [1.82, 2.24) is 0 Å². The Kier molecular flexibility index (Phi) is 4.57. The first kappa shape index (κ1) is 15.7. The fraction of sp³-hybridized carbons (Fsp3) is 0.0476. The highest BCUT2D eigenvalue weighted by molar-refractivity contribution is 7.16. The van der Waals surface area contributed by atoms with Crippen molar-refractivity contribution in [2.45, 2.75) is 6.92 Å². The predicted molar refractivity (Wildman–Crippen MR) is 98.2 cm³/mol. The fourth-order valence-electron chi connectivity index (χ4n) is 2.50. The SMILES string of the molecule is Cc1ccc(-c2ccc(C(=C(C#N)C#N)c3ccccc3)s2)cc1. The molecule has 1 aromatic heterocycles. The molecule has 2 nitrogen and oxygen atoms in total. The lowest BCUT2D eigenvalue weighted by Gasteiger charge is -2.05. The Balaban J connectivity index is 2.11. The Morgan fingerprint density at radius 1 is 0.833 bits per heavy atom. The van der Waals surface area contributed by atoms with Crippen molar-refractivity contribution in [2.24, 2.45) is 0 Å². The summed E-state index contributed by atoms with van der Waals surface area (Å²) in [5.74, 6) is 0. The molecule has 0 N–H and O–H groups in total. The van der Waals surface area contributed by atoms with Crippen LogP contribution in [0.3, 0.4) is 0 Å². The average molecular weight is 326 g/mol. The molecule has 0 radical (unpaired) electrons. The van der Waals surface area contributed by atoms with Gasteiger partial charge in [0.1, 0.15) is 17.7 Å². The average Bonchev–Trinajstić information content (AvgIpc) is 3.10. The van der Waals surface area contributed by atoms with E-state index in [-0.39, 0.29) is 5.57 Å². The van der Waals surface area contributed by atoms with E-state index < -0.39 is 0 Å². The minimum atomic E-state index is 0.138. The fourth-order valence-corrected chi connectivity index (χ4v) is 3.58. The molecule has 0 aliphatic heterocycles. The summed E-state index contributed by atoms with van der Waals surface area (Å²) in [7, 11) is 0. The molecule has 0 saturated carbocycles. The molecule has 0 atom stereocenters. The largest absolute Gasteiger partial charge is 0.192 e. The highest BCUT2D eigenvalue weighted by atomic mass is 32.1. The zero-order valence-corrected chi connectivity index (χ0v) is 14.0. The van der Waals surface area contributed by atoms with Crippen LogP contribution in [-0.2, 0) is 0 Å². The van der Waals surface area contributed by atoms with Crippen molar-refractivity contribution in [2.75, 3.05) is 0 Å². The molecule has 24 heavy (non-hydrogen) atoms. The van der Waals surface area contributed by atoms with Gasteiger partial charge in [0.2, 0.25) is 0 Å². The zero-order chi connectivity index (χ0) is 16.9. The van der Waals surface area contributed by atoms with Crippen molar-refractivity contribution in [3.63, 3.8) is 0 Å². The van der Waals surface area contributed by atoms with Gasteiger partial charge in [0.25, 0.3) is 0 Å². The highest BCUT2D eigenvalue weighted by Gasteiger charge is 2.14. The number of nitrogens with zero attached hydrogens (tertiary/aromatic N) is 2. The molecule has 0 spiro atoms. The summed E-state index contributed by atoms with van der Waals surface area (Å²) in [6.45, 7) is 2.06. The molecular weight excluding hydrogens is 312 g/mol. The minimum Gasteiger partial charge on any atom is -0.192 e. The number of allylic oxidation sites excluding steroid dienone is 1. The van der Waals surface area contributed by atoms with Gasteiger partial charge in [-0.3, -0.25) is 0 Å². The van der Waals surface area contributed by atoms with Gasteiger partial charge < -0.3 is 0 Å². The van der Waals surface area contributed by atoms with Crippen LogP contribution in [0.5, 0.6) is 0 Å². The number of aryl methyl sites for hydroxylation is 1. The standard InChI is InChI=1S/C21H14N2S/c1-15-7-9-16(10-8-15)19-11-12-20(24-19)21(18(13-22)14-23)17-5-3-2-4-6-17/h2-12H,1H3. The van der Waals surface area contributed by atoms with Crippen molar-refractivity contribution in [3.05, 3.63) is 88.3 Å². The molecule has 0 aliphatic rings. The van der Waals surface area contributed by atoms with Crippen molar-refractivity contribution >= 4 is 16.9 Å². The number of nitriles is 2. The summed E-state index contributed by atoms with van der Waals surface area (Å²) in [6.07, 6.45) is 0. The second-order valence-corrected chi connectivity index (χ2v) is 6.45. The van der Waals surface area contributed by atoms with Crippen LogP contribution in [0.25, 0.3) is 16.0 Å². The topological polar surface area (TPSA) is 47.6 Å². The van der Waals surface area contributed by atoms with Crippen molar-refractivity contribution < 1.29 is 0 Å². The zero-order valence-electron chi connectivity index (χ0n) is 13.2. The number of thiophene rings is 1. The van der Waals surface area contributed by atoms with E-state index in [0.717, 1.165) is 20.9 Å². The van der Waals surface area contributed by atoms with E-state index in [1.54, 1.807) is 11.3 Å². The van der Waals surface area contributed by atoms with E-state index in [1.807, 2.05) is 54.6 Å². The quantitative estimate of drug-likeness (QED) is 0.590. The molecule has 0 bridgehead atoms. The third-order valence-electron chi connectivity index (χ3n) is 3.72. The van der Waals surface area contributed by atoms with Crippen LogP contribution in [0.1, 0.15) is 16.0 Å². The van der Waals surface area contributed by atoms with E-state index in [2.05, 4.69) is 31.2 Å². The van der Waals surface area contributed by atoms with Gasteiger partial charge in [-0.25, -0.2) is 0 Å². The molecule has 0 unspecified atom stereocenters. The van der Waals surface area contributed by atoms with Gasteiger partial charge in [-0.1, -0.05) is 60.2 Å². The molecular formula is C21H14N2S. The smallest absolute Gasteiger partial charge is 0.138 e. The van der Waals surface area contributed by atoms with E-state index >= 15 is 0 Å². The van der Waals surface area contributed by atoms with E-state index in [9.17, 15) is 10.5 Å². The Morgan fingerprint density at radius 2 is 1.50 bits per heavy atom. The maximum Gasteiger partial charge on any atom is 0.138 e. The Bertz CT molecular complexity index is 949. The second-order valence-electron chi connectivity index (χ2n) is 5.37. The first-order chi connectivity index (χ1) is 11.7.